The van der Waals surface area contributed by atoms with Crippen molar-refractivity contribution in [2.75, 3.05) is 36.2 Å². The summed E-state index contributed by atoms with van der Waals surface area (Å²) in [6.45, 7) is 4.55. The molecular weight excluding hydrogens is 286 g/mol. The topological polar surface area (TPSA) is 44.4 Å². The zero-order chi connectivity index (χ0) is 16.8. The van der Waals surface area contributed by atoms with Gasteiger partial charge in [-0.1, -0.05) is 26.0 Å². The van der Waals surface area contributed by atoms with Gasteiger partial charge in [-0.2, -0.15) is 0 Å². The minimum Gasteiger partial charge on any atom is -0.378 e. The summed E-state index contributed by atoms with van der Waals surface area (Å²) in [6.07, 6.45) is 0. The largest absolute Gasteiger partial charge is 0.378 e. The van der Waals surface area contributed by atoms with Crippen LogP contribution < -0.4 is 15.5 Å². The van der Waals surface area contributed by atoms with Crippen molar-refractivity contribution in [2.24, 2.45) is 0 Å². The number of hydrogen-bond acceptors (Lipinski definition) is 3. The van der Waals surface area contributed by atoms with Crippen molar-refractivity contribution < 1.29 is 4.79 Å². The summed E-state index contributed by atoms with van der Waals surface area (Å²) >= 11 is 0. The van der Waals surface area contributed by atoms with Gasteiger partial charge in [0.2, 0.25) is 5.91 Å². The number of nitrogens with one attached hydrogen (secondary N) is 2. The van der Waals surface area contributed by atoms with Gasteiger partial charge >= 0.3 is 0 Å². The van der Waals surface area contributed by atoms with Crippen LogP contribution in [-0.4, -0.2) is 26.5 Å². The molecule has 0 unspecified atom stereocenters. The maximum atomic E-state index is 12.0. The van der Waals surface area contributed by atoms with Gasteiger partial charge < -0.3 is 15.5 Å². The van der Waals surface area contributed by atoms with E-state index in [2.05, 4.69) is 24.5 Å². The van der Waals surface area contributed by atoms with Crippen molar-refractivity contribution in [3.05, 3.63) is 54.1 Å². The summed E-state index contributed by atoms with van der Waals surface area (Å²) in [4.78, 5) is 14.0. The number of carbonyl (C=O) groups excluding carboxylic acids is 1. The van der Waals surface area contributed by atoms with Crippen molar-refractivity contribution in [1.82, 2.24) is 0 Å². The predicted octanol–water partition coefficient (Wildman–Crippen LogP) is 3.93. The molecule has 0 saturated carbocycles. The molecule has 0 fully saturated rings. The van der Waals surface area contributed by atoms with Gasteiger partial charge in [-0.25, -0.2) is 0 Å². The maximum absolute atomic E-state index is 12.0. The maximum Gasteiger partial charge on any atom is 0.243 e. The van der Waals surface area contributed by atoms with Crippen molar-refractivity contribution in [2.45, 2.75) is 19.8 Å². The summed E-state index contributed by atoms with van der Waals surface area (Å²) in [7, 11) is 4.00. The van der Waals surface area contributed by atoms with E-state index in [1.807, 2.05) is 67.5 Å². The molecule has 0 atom stereocenters. The van der Waals surface area contributed by atoms with E-state index in [1.165, 1.54) is 5.56 Å². The molecule has 2 N–H and O–H groups in total. The van der Waals surface area contributed by atoms with Crippen molar-refractivity contribution in [3.8, 4) is 0 Å². The molecule has 2 aromatic rings. The normalized spacial score (nSPS) is 10.5. The summed E-state index contributed by atoms with van der Waals surface area (Å²) < 4.78 is 0. The molecule has 2 rings (SSSR count). The van der Waals surface area contributed by atoms with Crippen LogP contribution >= 0.6 is 0 Å². The van der Waals surface area contributed by atoms with Crippen LogP contribution in [0.1, 0.15) is 25.3 Å². The van der Waals surface area contributed by atoms with Crippen LogP contribution in [0.25, 0.3) is 0 Å². The standard InChI is InChI=1S/C19H25N3O/c1-14(2)15-5-7-17(8-6-15)21-19(23)13-20-16-9-11-18(12-10-16)22(3)4/h5-12,14,20H,13H2,1-4H3,(H,21,23). The third-order valence-electron chi connectivity index (χ3n) is 3.70. The Kier molecular flexibility index (Phi) is 5.63. The van der Waals surface area contributed by atoms with Gasteiger partial charge in [0, 0.05) is 31.2 Å². The van der Waals surface area contributed by atoms with Crippen LogP contribution in [0.15, 0.2) is 48.5 Å². The van der Waals surface area contributed by atoms with Crippen LogP contribution in [0, 0.1) is 0 Å². The van der Waals surface area contributed by atoms with Gasteiger partial charge in [-0.15, -0.1) is 0 Å². The van der Waals surface area contributed by atoms with E-state index in [0.717, 1.165) is 17.1 Å². The molecule has 0 aliphatic heterocycles. The quantitative estimate of drug-likeness (QED) is 0.849. The van der Waals surface area contributed by atoms with Gasteiger partial charge in [-0.3, -0.25) is 4.79 Å². The molecule has 23 heavy (non-hydrogen) atoms. The summed E-state index contributed by atoms with van der Waals surface area (Å²) in [5.41, 5.74) is 4.15. The van der Waals surface area contributed by atoms with E-state index in [-0.39, 0.29) is 12.5 Å². The van der Waals surface area contributed by atoms with Crippen molar-refractivity contribution in [3.63, 3.8) is 0 Å². The first-order valence-electron chi connectivity index (χ1n) is 7.87. The number of benzene rings is 2. The molecule has 0 saturated heterocycles. The molecule has 0 aliphatic carbocycles. The summed E-state index contributed by atoms with van der Waals surface area (Å²) in [5, 5.41) is 6.03. The molecule has 4 nitrogen and oxygen atoms in total. The number of hydrogen-bond donors (Lipinski definition) is 2. The minimum absolute atomic E-state index is 0.0565. The molecule has 0 aliphatic rings. The van der Waals surface area contributed by atoms with E-state index in [1.54, 1.807) is 0 Å². The average molecular weight is 311 g/mol. The first kappa shape index (κ1) is 16.9. The predicted molar refractivity (Wildman–Crippen MR) is 98.4 cm³/mol. The fourth-order valence-corrected chi connectivity index (χ4v) is 2.22. The lowest BCUT2D eigenvalue weighted by Gasteiger charge is -2.13. The van der Waals surface area contributed by atoms with Crippen molar-refractivity contribution >= 4 is 23.0 Å². The number of nitrogens with zero attached hydrogens (tertiary/aromatic N) is 1. The van der Waals surface area contributed by atoms with Crippen LogP contribution in [-0.2, 0) is 4.79 Å². The molecule has 1 amide bonds. The van der Waals surface area contributed by atoms with E-state index in [0.29, 0.717) is 5.92 Å². The molecule has 4 heteroatoms. The van der Waals surface area contributed by atoms with Crippen LogP contribution in [0.5, 0.6) is 0 Å². The number of carbonyl (C=O) groups is 1. The fraction of sp³-hybridized carbons (Fsp3) is 0.316. The lowest BCUT2D eigenvalue weighted by atomic mass is 10.0. The molecule has 2 aromatic carbocycles. The summed E-state index contributed by atoms with van der Waals surface area (Å²) in [6, 6.07) is 16.0. The highest BCUT2D eigenvalue weighted by Crippen LogP contribution is 2.17. The Bertz CT molecular complexity index is 631. The van der Waals surface area contributed by atoms with Gasteiger partial charge in [0.25, 0.3) is 0 Å². The van der Waals surface area contributed by atoms with E-state index in [9.17, 15) is 4.79 Å². The first-order valence-corrected chi connectivity index (χ1v) is 7.87. The molecule has 0 heterocycles. The monoisotopic (exact) mass is 311 g/mol. The molecule has 122 valence electrons. The van der Waals surface area contributed by atoms with E-state index in [4.69, 9.17) is 0 Å². The summed E-state index contributed by atoms with van der Waals surface area (Å²) in [5.74, 6) is 0.436. The molecule has 0 spiro atoms. The zero-order valence-corrected chi connectivity index (χ0v) is 14.3. The van der Waals surface area contributed by atoms with Crippen molar-refractivity contribution in [1.29, 1.82) is 0 Å². The molecular formula is C19H25N3O. The van der Waals surface area contributed by atoms with Gasteiger partial charge in [-0.05, 0) is 47.9 Å². The van der Waals surface area contributed by atoms with Crippen LogP contribution in [0.4, 0.5) is 17.1 Å². The SMILES string of the molecule is CC(C)c1ccc(NC(=O)CNc2ccc(N(C)C)cc2)cc1. The van der Waals surface area contributed by atoms with Gasteiger partial charge in [0.05, 0.1) is 6.54 Å². The minimum atomic E-state index is -0.0565. The van der Waals surface area contributed by atoms with Crippen LogP contribution in [0.3, 0.4) is 0 Å². The third-order valence-corrected chi connectivity index (χ3v) is 3.70. The van der Waals surface area contributed by atoms with Crippen LogP contribution in [0.2, 0.25) is 0 Å². The second-order valence-electron chi connectivity index (χ2n) is 6.12. The second kappa shape index (κ2) is 7.68. The molecule has 0 bridgehead atoms. The van der Waals surface area contributed by atoms with Gasteiger partial charge in [0.15, 0.2) is 0 Å². The Labute approximate surface area is 138 Å². The molecule has 0 radical (unpaired) electrons. The number of rotatable bonds is 6. The van der Waals surface area contributed by atoms with Gasteiger partial charge in [0.1, 0.15) is 0 Å². The highest BCUT2D eigenvalue weighted by molar-refractivity contribution is 5.93. The second-order valence-corrected chi connectivity index (χ2v) is 6.12. The Hall–Kier alpha value is -2.49. The highest BCUT2D eigenvalue weighted by atomic mass is 16.1. The third kappa shape index (κ3) is 5.02. The van der Waals surface area contributed by atoms with E-state index >= 15 is 0 Å². The zero-order valence-electron chi connectivity index (χ0n) is 14.3. The lowest BCUT2D eigenvalue weighted by molar-refractivity contribution is -0.114. The Morgan fingerprint density at radius 3 is 2.04 bits per heavy atom. The number of amides is 1. The fourth-order valence-electron chi connectivity index (χ4n) is 2.22. The number of anilines is 3. The first-order chi connectivity index (χ1) is 11.0. The Morgan fingerprint density at radius 2 is 1.52 bits per heavy atom. The highest BCUT2D eigenvalue weighted by Gasteiger charge is 2.04. The molecule has 0 aromatic heterocycles. The smallest absolute Gasteiger partial charge is 0.243 e. The Balaban J connectivity index is 1.85. The Morgan fingerprint density at radius 1 is 0.957 bits per heavy atom. The van der Waals surface area contributed by atoms with E-state index < -0.39 is 0 Å². The average Bonchev–Trinajstić information content (AvgIpc) is 2.54. The lowest BCUT2D eigenvalue weighted by Crippen LogP contribution is -2.21.